The van der Waals surface area contributed by atoms with Gasteiger partial charge in [-0.05, 0) is 47.1 Å². The van der Waals surface area contributed by atoms with Crippen LogP contribution < -0.4 is 4.74 Å². The summed E-state index contributed by atoms with van der Waals surface area (Å²) in [6.07, 6.45) is -3.56. The Balaban J connectivity index is 1.79. The molecule has 0 spiro atoms. The summed E-state index contributed by atoms with van der Waals surface area (Å²) >= 11 is 12.5. The summed E-state index contributed by atoms with van der Waals surface area (Å²) < 4.78 is 45.1. The molecule has 0 radical (unpaired) electrons. The van der Waals surface area contributed by atoms with E-state index in [1.54, 1.807) is 6.07 Å². The van der Waals surface area contributed by atoms with Crippen molar-refractivity contribution in [2.24, 2.45) is 0 Å². The van der Waals surface area contributed by atoms with Gasteiger partial charge in [0.15, 0.2) is 5.78 Å². The molecule has 13 heteroatoms. The molecular formula is C25H22Cl2O10S. The Bertz CT molecular complexity index is 1450. The van der Waals surface area contributed by atoms with Gasteiger partial charge in [0.25, 0.3) is 10.1 Å². The molecule has 0 saturated carbocycles. The monoisotopic (exact) mass is 584 g/mol. The highest BCUT2D eigenvalue weighted by atomic mass is 35.5. The molecule has 202 valence electrons. The number of carbonyl (C=O) groups is 1. The average Bonchev–Trinajstić information content (AvgIpc) is 2.87. The lowest BCUT2D eigenvalue weighted by molar-refractivity contribution is -0.277. The van der Waals surface area contributed by atoms with Crippen molar-refractivity contribution in [1.29, 1.82) is 0 Å². The van der Waals surface area contributed by atoms with Crippen LogP contribution in [0.15, 0.2) is 76.2 Å². The second-order valence-corrected chi connectivity index (χ2v) is 10.7. The summed E-state index contributed by atoms with van der Waals surface area (Å²) in [6.45, 7) is -0.645. The molecule has 1 aliphatic heterocycles. The molecule has 0 aromatic heterocycles. The summed E-state index contributed by atoms with van der Waals surface area (Å²) in [5, 5.41) is 39.5. The first-order valence-corrected chi connectivity index (χ1v) is 13.3. The van der Waals surface area contributed by atoms with Crippen molar-refractivity contribution in [1.82, 2.24) is 0 Å². The van der Waals surface area contributed by atoms with Gasteiger partial charge in [-0.1, -0.05) is 53.5 Å². The Morgan fingerprint density at radius 3 is 2.34 bits per heavy atom. The molecule has 10 nitrogen and oxygen atoms in total. The smallest absolute Gasteiger partial charge is 0.295 e. The fraction of sp³-hybridized carbons (Fsp3) is 0.240. The molecule has 2 aromatic carbocycles. The first-order valence-electron chi connectivity index (χ1n) is 11.1. The minimum absolute atomic E-state index is 0.00454. The van der Waals surface area contributed by atoms with Gasteiger partial charge in [-0.15, -0.1) is 0 Å². The van der Waals surface area contributed by atoms with Crippen molar-refractivity contribution < 1.29 is 47.7 Å². The molecule has 2 aromatic rings. The maximum atomic E-state index is 12.1. The van der Waals surface area contributed by atoms with Crippen LogP contribution >= 0.6 is 23.2 Å². The highest BCUT2D eigenvalue weighted by Gasteiger charge is 2.44. The summed E-state index contributed by atoms with van der Waals surface area (Å²) in [4.78, 5) is 11.5. The third-order valence-corrected chi connectivity index (χ3v) is 7.47. The highest BCUT2D eigenvalue weighted by molar-refractivity contribution is 7.86. The van der Waals surface area contributed by atoms with Crippen molar-refractivity contribution in [3.63, 3.8) is 0 Å². The number of carbonyl (C=O) groups excluding carboxylic acids is 1. The zero-order valence-corrected chi connectivity index (χ0v) is 21.6. The van der Waals surface area contributed by atoms with Crippen LogP contribution in [-0.4, -0.2) is 76.5 Å². The molecule has 5 N–H and O–H groups in total. The van der Waals surface area contributed by atoms with E-state index < -0.39 is 58.1 Å². The summed E-state index contributed by atoms with van der Waals surface area (Å²) in [7, 11) is -4.66. The quantitative estimate of drug-likeness (QED) is 0.315. The Kier molecular flexibility index (Phi) is 8.43. The molecule has 0 unspecified atom stereocenters. The number of ether oxygens (including phenoxy) is 2. The van der Waals surface area contributed by atoms with Crippen LogP contribution in [0.3, 0.4) is 0 Å². The third-order valence-electron chi connectivity index (χ3n) is 5.97. The van der Waals surface area contributed by atoms with Crippen LogP contribution in [0.25, 0.3) is 5.57 Å². The largest absolute Gasteiger partial charge is 0.460 e. The van der Waals surface area contributed by atoms with E-state index in [9.17, 15) is 38.2 Å². The molecule has 1 heterocycles. The zero-order valence-electron chi connectivity index (χ0n) is 19.3. The van der Waals surface area contributed by atoms with E-state index >= 15 is 0 Å². The van der Waals surface area contributed by atoms with Gasteiger partial charge in [-0.25, -0.2) is 0 Å². The summed E-state index contributed by atoms with van der Waals surface area (Å²) in [6, 6.07) is 9.97. The van der Waals surface area contributed by atoms with Crippen LogP contribution in [0.4, 0.5) is 0 Å². The van der Waals surface area contributed by atoms with E-state index in [1.165, 1.54) is 54.6 Å². The average molecular weight is 585 g/mol. The maximum Gasteiger partial charge on any atom is 0.295 e. The number of hydrogen-bond acceptors (Lipinski definition) is 9. The number of ketones is 1. The third kappa shape index (κ3) is 5.71. The van der Waals surface area contributed by atoms with Gasteiger partial charge in [0, 0.05) is 5.56 Å². The molecule has 4 rings (SSSR count). The summed E-state index contributed by atoms with van der Waals surface area (Å²) in [5.41, 5.74) is 1.07. The number of aliphatic hydroxyl groups excluding tert-OH is 4. The van der Waals surface area contributed by atoms with Crippen LogP contribution in [-0.2, 0) is 19.6 Å². The van der Waals surface area contributed by atoms with Gasteiger partial charge in [0.2, 0.25) is 6.29 Å². The second kappa shape index (κ2) is 11.3. The minimum Gasteiger partial charge on any atom is -0.460 e. The predicted octanol–water partition coefficient (Wildman–Crippen LogP) is 1.83. The number of allylic oxidation sites excluding steroid dienone is 5. The SMILES string of the molecule is O=C1C=C/C(=C(/c2ccc(O[C@@H]3O[C@H](CO)[C@H](O)[C@H](O)[C@H]3O)c(Cl)c2)c2ccccc2S(=O)(=O)O)C=C1Cl. The fourth-order valence-corrected chi connectivity index (χ4v) is 5.18. The molecule has 1 saturated heterocycles. The lowest BCUT2D eigenvalue weighted by Gasteiger charge is -2.39. The zero-order chi connectivity index (χ0) is 27.8. The van der Waals surface area contributed by atoms with Crippen molar-refractivity contribution >= 4 is 44.7 Å². The van der Waals surface area contributed by atoms with E-state index in [-0.39, 0.29) is 26.9 Å². The molecule has 5 atom stereocenters. The maximum absolute atomic E-state index is 12.1. The normalized spacial score (nSPS) is 27.2. The first kappa shape index (κ1) is 28.4. The Labute approximate surface area is 227 Å². The molecule has 2 aliphatic rings. The number of aliphatic hydroxyl groups is 4. The second-order valence-electron chi connectivity index (χ2n) is 8.45. The van der Waals surface area contributed by atoms with E-state index in [4.69, 9.17) is 32.7 Å². The topological polar surface area (TPSA) is 171 Å². The molecule has 38 heavy (non-hydrogen) atoms. The lowest BCUT2D eigenvalue weighted by atomic mass is 9.90. The lowest BCUT2D eigenvalue weighted by Crippen LogP contribution is -2.60. The Morgan fingerprint density at radius 2 is 1.71 bits per heavy atom. The van der Waals surface area contributed by atoms with Crippen molar-refractivity contribution in [2.45, 2.75) is 35.6 Å². The molecular weight excluding hydrogens is 563 g/mol. The number of halogens is 2. The Hall–Kier alpha value is -2.58. The number of benzene rings is 2. The van der Waals surface area contributed by atoms with Gasteiger partial charge < -0.3 is 29.9 Å². The van der Waals surface area contributed by atoms with Crippen LogP contribution in [0.5, 0.6) is 5.75 Å². The van der Waals surface area contributed by atoms with Crippen molar-refractivity contribution in [3.05, 3.63) is 87.4 Å². The standard InChI is InChI=1S/C25H22Cl2O10S/c26-15-9-12(5-7-17(15)29)21(14-3-1-2-4-20(14)38(33,34)35)13-6-8-18(16(27)10-13)36-25-24(32)23(31)22(30)19(11-28)37-25/h1-10,19,22-25,28,30-32H,11H2,(H,33,34,35)/b21-12+/t19-,22+,23+,24-,25-/m1/s1. The number of hydrogen-bond donors (Lipinski definition) is 5. The van der Waals surface area contributed by atoms with Gasteiger partial charge in [-0.3, -0.25) is 9.35 Å². The van der Waals surface area contributed by atoms with Crippen LogP contribution in [0, 0.1) is 0 Å². The van der Waals surface area contributed by atoms with Crippen molar-refractivity contribution in [2.75, 3.05) is 6.61 Å². The molecule has 1 fully saturated rings. The van der Waals surface area contributed by atoms with Gasteiger partial charge >= 0.3 is 0 Å². The predicted molar refractivity (Wildman–Crippen MR) is 136 cm³/mol. The Morgan fingerprint density at radius 1 is 1.00 bits per heavy atom. The molecule has 0 bridgehead atoms. The van der Waals surface area contributed by atoms with Crippen LogP contribution in [0.1, 0.15) is 11.1 Å². The van der Waals surface area contributed by atoms with Gasteiger partial charge in [0.05, 0.1) is 16.7 Å². The minimum atomic E-state index is -4.66. The number of rotatable bonds is 6. The van der Waals surface area contributed by atoms with E-state index in [0.29, 0.717) is 11.1 Å². The van der Waals surface area contributed by atoms with Crippen LogP contribution in [0.2, 0.25) is 5.02 Å². The summed E-state index contributed by atoms with van der Waals surface area (Å²) in [5.74, 6) is -0.450. The molecule has 1 aliphatic carbocycles. The fourth-order valence-electron chi connectivity index (χ4n) is 4.07. The highest BCUT2D eigenvalue weighted by Crippen LogP contribution is 2.38. The van der Waals surface area contributed by atoms with E-state index in [2.05, 4.69) is 0 Å². The molecule has 0 amide bonds. The van der Waals surface area contributed by atoms with Crippen molar-refractivity contribution in [3.8, 4) is 5.75 Å². The van der Waals surface area contributed by atoms with E-state index in [0.717, 1.165) is 0 Å². The van der Waals surface area contributed by atoms with Gasteiger partial charge in [-0.2, -0.15) is 8.42 Å². The first-order chi connectivity index (χ1) is 17.9. The van der Waals surface area contributed by atoms with Gasteiger partial charge in [0.1, 0.15) is 35.1 Å². The van der Waals surface area contributed by atoms with E-state index in [1.807, 2.05) is 0 Å².